The van der Waals surface area contributed by atoms with E-state index < -0.39 is 6.04 Å². The fraction of sp³-hybridized carbons (Fsp3) is 0.619. The SMILES string of the molecule is CC(C)CC(=O)N1Cc2ccccc2CC1C(=O)NCC1CCCNC1. The van der Waals surface area contributed by atoms with Crippen molar-refractivity contribution in [2.24, 2.45) is 11.8 Å². The molecule has 0 aliphatic carbocycles. The van der Waals surface area contributed by atoms with E-state index in [1.54, 1.807) is 4.90 Å². The van der Waals surface area contributed by atoms with Crippen molar-refractivity contribution in [1.29, 1.82) is 0 Å². The van der Waals surface area contributed by atoms with Gasteiger partial charge in [-0.15, -0.1) is 0 Å². The van der Waals surface area contributed by atoms with Gasteiger partial charge >= 0.3 is 0 Å². The van der Waals surface area contributed by atoms with Crippen molar-refractivity contribution in [2.45, 2.75) is 52.1 Å². The van der Waals surface area contributed by atoms with E-state index in [0.29, 0.717) is 31.8 Å². The normalized spacial score (nSPS) is 22.8. The standard InChI is InChI=1S/C21H31N3O2/c1-15(2)10-20(25)24-14-18-8-4-3-7-17(18)11-19(24)21(26)23-13-16-6-5-9-22-12-16/h3-4,7-8,15-16,19,22H,5-6,9-14H2,1-2H3,(H,23,26). The molecular weight excluding hydrogens is 326 g/mol. The lowest BCUT2D eigenvalue weighted by molar-refractivity contribution is -0.142. The molecule has 2 N–H and O–H groups in total. The van der Waals surface area contributed by atoms with Gasteiger partial charge < -0.3 is 15.5 Å². The lowest BCUT2D eigenvalue weighted by Crippen LogP contribution is -2.53. The van der Waals surface area contributed by atoms with E-state index in [4.69, 9.17) is 0 Å². The third kappa shape index (κ3) is 4.64. The molecule has 0 bridgehead atoms. The Balaban J connectivity index is 1.70. The molecule has 142 valence electrons. The Labute approximate surface area is 156 Å². The smallest absolute Gasteiger partial charge is 0.243 e. The van der Waals surface area contributed by atoms with Gasteiger partial charge in [0.15, 0.2) is 0 Å². The highest BCUT2D eigenvalue weighted by Gasteiger charge is 2.34. The third-order valence-corrected chi connectivity index (χ3v) is 5.42. The van der Waals surface area contributed by atoms with E-state index in [1.807, 2.05) is 26.0 Å². The van der Waals surface area contributed by atoms with Crippen molar-refractivity contribution in [3.8, 4) is 0 Å². The van der Waals surface area contributed by atoms with Gasteiger partial charge in [-0.1, -0.05) is 38.1 Å². The van der Waals surface area contributed by atoms with Gasteiger partial charge in [0.2, 0.25) is 11.8 Å². The first kappa shape index (κ1) is 18.9. The molecule has 1 aromatic carbocycles. The number of hydrogen-bond donors (Lipinski definition) is 2. The number of benzene rings is 1. The van der Waals surface area contributed by atoms with Crippen LogP contribution in [0.5, 0.6) is 0 Å². The van der Waals surface area contributed by atoms with Gasteiger partial charge in [-0.25, -0.2) is 0 Å². The highest BCUT2D eigenvalue weighted by Crippen LogP contribution is 2.25. The molecule has 1 fully saturated rings. The summed E-state index contributed by atoms with van der Waals surface area (Å²) in [5.41, 5.74) is 2.34. The van der Waals surface area contributed by atoms with E-state index in [0.717, 1.165) is 31.5 Å². The molecule has 0 saturated carbocycles. The van der Waals surface area contributed by atoms with Crippen molar-refractivity contribution >= 4 is 11.8 Å². The number of nitrogens with zero attached hydrogens (tertiary/aromatic N) is 1. The van der Waals surface area contributed by atoms with Crippen LogP contribution in [0.2, 0.25) is 0 Å². The topological polar surface area (TPSA) is 61.4 Å². The predicted molar refractivity (Wildman–Crippen MR) is 103 cm³/mol. The molecule has 0 radical (unpaired) electrons. The Bertz CT molecular complexity index is 638. The summed E-state index contributed by atoms with van der Waals surface area (Å²) in [5.74, 6) is 0.844. The Morgan fingerprint density at radius 2 is 2.04 bits per heavy atom. The molecule has 5 nitrogen and oxygen atoms in total. The largest absolute Gasteiger partial charge is 0.354 e. The first-order valence-electron chi connectivity index (χ1n) is 9.89. The van der Waals surface area contributed by atoms with Crippen molar-refractivity contribution in [2.75, 3.05) is 19.6 Å². The maximum Gasteiger partial charge on any atom is 0.243 e. The fourth-order valence-corrected chi connectivity index (χ4v) is 3.95. The van der Waals surface area contributed by atoms with Crippen LogP contribution in [0.3, 0.4) is 0 Å². The first-order chi connectivity index (χ1) is 12.5. The van der Waals surface area contributed by atoms with Crippen LogP contribution in [0.4, 0.5) is 0 Å². The highest BCUT2D eigenvalue weighted by molar-refractivity contribution is 5.88. The van der Waals surface area contributed by atoms with Crippen LogP contribution in [0.1, 0.15) is 44.2 Å². The molecule has 0 aromatic heterocycles. The van der Waals surface area contributed by atoms with Gasteiger partial charge in [-0.3, -0.25) is 9.59 Å². The number of carbonyl (C=O) groups is 2. The molecule has 1 saturated heterocycles. The molecule has 2 amide bonds. The number of nitrogens with one attached hydrogen (secondary N) is 2. The predicted octanol–water partition coefficient (Wildman–Crippen LogP) is 2.10. The second-order valence-corrected chi connectivity index (χ2v) is 8.07. The minimum Gasteiger partial charge on any atom is -0.354 e. The van der Waals surface area contributed by atoms with Crippen LogP contribution in [0, 0.1) is 11.8 Å². The van der Waals surface area contributed by atoms with Gasteiger partial charge in [-0.2, -0.15) is 0 Å². The minimum absolute atomic E-state index is 0.0119. The molecule has 26 heavy (non-hydrogen) atoms. The number of hydrogen-bond acceptors (Lipinski definition) is 3. The van der Waals surface area contributed by atoms with Crippen LogP contribution in [0.15, 0.2) is 24.3 Å². The van der Waals surface area contributed by atoms with Crippen LogP contribution < -0.4 is 10.6 Å². The maximum atomic E-state index is 12.9. The maximum absolute atomic E-state index is 12.9. The monoisotopic (exact) mass is 357 g/mol. The number of fused-ring (bicyclic) bond motifs is 1. The van der Waals surface area contributed by atoms with Gasteiger partial charge in [-0.05, 0) is 48.9 Å². The number of rotatable bonds is 5. The summed E-state index contributed by atoms with van der Waals surface area (Å²) in [4.78, 5) is 27.5. The van der Waals surface area contributed by atoms with E-state index in [9.17, 15) is 9.59 Å². The fourth-order valence-electron chi connectivity index (χ4n) is 3.95. The van der Waals surface area contributed by atoms with Crippen LogP contribution >= 0.6 is 0 Å². The zero-order chi connectivity index (χ0) is 18.5. The first-order valence-corrected chi connectivity index (χ1v) is 9.89. The quantitative estimate of drug-likeness (QED) is 0.848. The zero-order valence-electron chi connectivity index (χ0n) is 16.0. The summed E-state index contributed by atoms with van der Waals surface area (Å²) in [6.45, 7) is 7.34. The molecule has 2 heterocycles. The second kappa shape index (κ2) is 8.67. The summed E-state index contributed by atoms with van der Waals surface area (Å²) in [5, 5.41) is 6.50. The van der Waals surface area contributed by atoms with Crippen LogP contribution in [-0.4, -0.2) is 42.4 Å². The number of piperidine rings is 1. The van der Waals surface area contributed by atoms with E-state index in [2.05, 4.69) is 22.8 Å². The molecule has 1 aromatic rings. The lowest BCUT2D eigenvalue weighted by atomic mass is 9.92. The molecule has 2 atom stereocenters. The molecule has 5 heteroatoms. The summed E-state index contributed by atoms with van der Waals surface area (Å²) >= 11 is 0. The summed E-state index contributed by atoms with van der Waals surface area (Å²) in [6.07, 6.45) is 3.40. The van der Waals surface area contributed by atoms with E-state index >= 15 is 0 Å². The number of carbonyl (C=O) groups excluding carboxylic acids is 2. The molecule has 0 spiro atoms. The summed E-state index contributed by atoms with van der Waals surface area (Å²) < 4.78 is 0. The summed E-state index contributed by atoms with van der Waals surface area (Å²) in [7, 11) is 0. The average Bonchev–Trinajstić information content (AvgIpc) is 2.65. The molecule has 3 rings (SSSR count). The molecule has 2 unspecified atom stereocenters. The van der Waals surface area contributed by atoms with Crippen molar-refractivity contribution in [3.63, 3.8) is 0 Å². The van der Waals surface area contributed by atoms with E-state index in [1.165, 1.54) is 5.56 Å². The Morgan fingerprint density at radius 3 is 2.73 bits per heavy atom. The number of amides is 2. The van der Waals surface area contributed by atoms with Crippen molar-refractivity contribution in [1.82, 2.24) is 15.5 Å². The third-order valence-electron chi connectivity index (χ3n) is 5.42. The lowest BCUT2D eigenvalue weighted by Gasteiger charge is -2.37. The average molecular weight is 357 g/mol. The molecule has 2 aliphatic heterocycles. The van der Waals surface area contributed by atoms with Gasteiger partial charge in [0.05, 0.1) is 0 Å². The van der Waals surface area contributed by atoms with Gasteiger partial charge in [0.1, 0.15) is 6.04 Å². The Hall–Kier alpha value is -1.88. The Kier molecular flexibility index (Phi) is 6.30. The van der Waals surface area contributed by atoms with Gasteiger partial charge in [0.25, 0.3) is 0 Å². The van der Waals surface area contributed by atoms with Crippen LogP contribution in [0.25, 0.3) is 0 Å². The minimum atomic E-state index is -0.396. The van der Waals surface area contributed by atoms with Gasteiger partial charge in [0, 0.05) is 25.9 Å². The highest BCUT2D eigenvalue weighted by atomic mass is 16.2. The summed E-state index contributed by atoms with van der Waals surface area (Å²) in [6, 6.07) is 7.75. The molecular formula is C21H31N3O2. The molecule has 2 aliphatic rings. The zero-order valence-corrected chi connectivity index (χ0v) is 16.0. The van der Waals surface area contributed by atoms with Crippen molar-refractivity contribution in [3.05, 3.63) is 35.4 Å². The Morgan fingerprint density at radius 1 is 1.27 bits per heavy atom. The van der Waals surface area contributed by atoms with E-state index in [-0.39, 0.29) is 17.7 Å². The van der Waals surface area contributed by atoms with Crippen LogP contribution in [-0.2, 0) is 22.6 Å². The van der Waals surface area contributed by atoms with Crippen molar-refractivity contribution < 1.29 is 9.59 Å². The second-order valence-electron chi connectivity index (χ2n) is 8.07.